The number of nitrogens with zero attached hydrogens (tertiary/aromatic N) is 3. The molecular formula is C22H20N4O2S. The predicted molar refractivity (Wildman–Crippen MR) is 114 cm³/mol. The summed E-state index contributed by atoms with van der Waals surface area (Å²) in [6.45, 7) is 3.91. The van der Waals surface area contributed by atoms with Crippen molar-refractivity contribution in [3.63, 3.8) is 0 Å². The van der Waals surface area contributed by atoms with E-state index in [9.17, 15) is 13.7 Å². The van der Waals surface area contributed by atoms with E-state index in [0.717, 1.165) is 28.0 Å². The van der Waals surface area contributed by atoms with Crippen molar-refractivity contribution >= 4 is 32.3 Å². The standard InChI is InChI=1S/C22H20N4O2S/c1-14-12-21(24-15(2)16-8-10-17(11-9-16)29(3,27)28)26-20-7-5-4-6-19(20)25-22(26)18(14)13-23/h4-12,15,24H,1-3H3. The Morgan fingerprint density at radius 1 is 1.14 bits per heavy atom. The molecule has 0 fully saturated rings. The first kappa shape index (κ1) is 19.0. The van der Waals surface area contributed by atoms with E-state index in [1.807, 2.05) is 60.7 Å². The minimum absolute atomic E-state index is 0.0830. The molecule has 4 rings (SSSR count). The number of fused-ring (bicyclic) bond motifs is 3. The number of rotatable bonds is 4. The molecular weight excluding hydrogens is 384 g/mol. The number of nitriles is 1. The average Bonchev–Trinajstić information content (AvgIpc) is 3.07. The Hall–Kier alpha value is -3.37. The fourth-order valence-electron chi connectivity index (χ4n) is 3.51. The molecule has 0 saturated carbocycles. The summed E-state index contributed by atoms with van der Waals surface area (Å²) >= 11 is 0. The van der Waals surface area contributed by atoms with Gasteiger partial charge in [-0.3, -0.25) is 4.40 Å². The fourth-order valence-corrected chi connectivity index (χ4v) is 4.14. The minimum Gasteiger partial charge on any atom is -0.365 e. The molecule has 0 aliphatic rings. The van der Waals surface area contributed by atoms with Gasteiger partial charge in [0.1, 0.15) is 11.9 Å². The molecule has 0 spiro atoms. The summed E-state index contributed by atoms with van der Waals surface area (Å²) < 4.78 is 25.3. The van der Waals surface area contributed by atoms with Crippen molar-refractivity contribution < 1.29 is 8.42 Å². The Morgan fingerprint density at radius 2 is 1.83 bits per heavy atom. The van der Waals surface area contributed by atoms with Crippen molar-refractivity contribution in [2.45, 2.75) is 24.8 Å². The lowest BCUT2D eigenvalue weighted by molar-refractivity contribution is 0.602. The van der Waals surface area contributed by atoms with Gasteiger partial charge in [0, 0.05) is 12.3 Å². The molecule has 0 amide bonds. The van der Waals surface area contributed by atoms with Gasteiger partial charge in [0.05, 0.1) is 21.5 Å². The summed E-state index contributed by atoms with van der Waals surface area (Å²) in [5.74, 6) is 0.824. The Bertz CT molecular complexity index is 1380. The van der Waals surface area contributed by atoms with Gasteiger partial charge in [-0.05, 0) is 55.3 Å². The highest BCUT2D eigenvalue weighted by molar-refractivity contribution is 7.90. The zero-order chi connectivity index (χ0) is 20.8. The Labute approximate surface area is 169 Å². The van der Waals surface area contributed by atoms with Gasteiger partial charge < -0.3 is 5.32 Å². The van der Waals surface area contributed by atoms with E-state index in [2.05, 4.69) is 16.4 Å². The van der Waals surface area contributed by atoms with E-state index < -0.39 is 9.84 Å². The number of imidazole rings is 1. The molecule has 1 atom stereocenters. The van der Waals surface area contributed by atoms with E-state index in [4.69, 9.17) is 0 Å². The monoisotopic (exact) mass is 404 g/mol. The lowest BCUT2D eigenvalue weighted by Crippen LogP contribution is -2.11. The van der Waals surface area contributed by atoms with Gasteiger partial charge in [0.15, 0.2) is 15.5 Å². The van der Waals surface area contributed by atoms with Crippen molar-refractivity contribution in [3.8, 4) is 6.07 Å². The Balaban J connectivity index is 1.81. The quantitative estimate of drug-likeness (QED) is 0.550. The normalized spacial score (nSPS) is 12.8. The Morgan fingerprint density at radius 3 is 2.48 bits per heavy atom. The molecule has 146 valence electrons. The van der Waals surface area contributed by atoms with Crippen LogP contribution < -0.4 is 5.32 Å². The third-order valence-electron chi connectivity index (χ3n) is 5.06. The second-order valence-corrected chi connectivity index (χ2v) is 9.18. The average molecular weight is 404 g/mol. The summed E-state index contributed by atoms with van der Waals surface area (Å²) in [7, 11) is -3.23. The summed E-state index contributed by atoms with van der Waals surface area (Å²) in [6, 6.07) is 18.8. The van der Waals surface area contributed by atoms with E-state index in [-0.39, 0.29) is 6.04 Å². The predicted octanol–water partition coefficient (Wildman–Crippen LogP) is 4.24. The van der Waals surface area contributed by atoms with Gasteiger partial charge in [-0.15, -0.1) is 0 Å². The first-order valence-electron chi connectivity index (χ1n) is 9.17. The van der Waals surface area contributed by atoms with Gasteiger partial charge in [-0.1, -0.05) is 24.3 Å². The van der Waals surface area contributed by atoms with Crippen LogP contribution in [0.15, 0.2) is 59.5 Å². The smallest absolute Gasteiger partial charge is 0.175 e. The number of anilines is 1. The van der Waals surface area contributed by atoms with Crippen LogP contribution in [-0.2, 0) is 9.84 Å². The molecule has 7 heteroatoms. The third kappa shape index (κ3) is 3.32. The van der Waals surface area contributed by atoms with E-state index in [0.29, 0.717) is 16.1 Å². The number of para-hydroxylation sites is 2. The fraction of sp³-hybridized carbons (Fsp3) is 0.182. The number of pyridine rings is 1. The lowest BCUT2D eigenvalue weighted by Gasteiger charge is -2.19. The van der Waals surface area contributed by atoms with Crippen LogP contribution in [0.2, 0.25) is 0 Å². The number of hydrogen-bond donors (Lipinski definition) is 1. The molecule has 0 aliphatic heterocycles. The van der Waals surface area contributed by atoms with E-state index >= 15 is 0 Å². The number of benzene rings is 2. The van der Waals surface area contributed by atoms with Crippen LogP contribution in [0.5, 0.6) is 0 Å². The summed E-state index contributed by atoms with van der Waals surface area (Å²) in [6.07, 6.45) is 1.20. The van der Waals surface area contributed by atoms with E-state index in [1.165, 1.54) is 6.26 Å². The van der Waals surface area contributed by atoms with Crippen LogP contribution in [0.25, 0.3) is 16.7 Å². The maximum Gasteiger partial charge on any atom is 0.175 e. The summed E-state index contributed by atoms with van der Waals surface area (Å²) in [5.41, 5.74) is 4.71. The van der Waals surface area contributed by atoms with Crippen LogP contribution in [0.4, 0.5) is 5.82 Å². The van der Waals surface area contributed by atoms with Crippen LogP contribution >= 0.6 is 0 Å². The van der Waals surface area contributed by atoms with Gasteiger partial charge in [-0.2, -0.15) is 5.26 Å². The highest BCUT2D eigenvalue weighted by Gasteiger charge is 2.17. The molecule has 0 saturated heterocycles. The number of aromatic nitrogens is 2. The first-order valence-corrected chi connectivity index (χ1v) is 11.1. The van der Waals surface area contributed by atoms with Crippen molar-refractivity contribution in [2.24, 2.45) is 0 Å². The summed E-state index contributed by atoms with van der Waals surface area (Å²) in [5, 5.41) is 13.1. The molecule has 2 aromatic carbocycles. The molecule has 0 radical (unpaired) electrons. The van der Waals surface area contributed by atoms with Crippen molar-refractivity contribution in [3.05, 3.63) is 71.3 Å². The number of nitrogens with one attached hydrogen (secondary N) is 1. The number of sulfone groups is 1. The van der Waals surface area contributed by atoms with Crippen LogP contribution in [-0.4, -0.2) is 24.1 Å². The molecule has 1 N–H and O–H groups in total. The second-order valence-electron chi connectivity index (χ2n) is 7.17. The van der Waals surface area contributed by atoms with Crippen molar-refractivity contribution in [1.29, 1.82) is 5.26 Å². The zero-order valence-corrected chi connectivity index (χ0v) is 17.2. The zero-order valence-electron chi connectivity index (χ0n) is 16.3. The topological polar surface area (TPSA) is 87.3 Å². The van der Waals surface area contributed by atoms with Gasteiger partial charge in [0.25, 0.3) is 0 Å². The lowest BCUT2D eigenvalue weighted by atomic mass is 10.1. The molecule has 2 heterocycles. The molecule has 0 aliphatic carbocycles. The number of hydrogen-bond acceptors (Lipinski definition) is 5. The Kier molecular flexibility index (Phi) is 4.52. The number of aryl methyl sites for hydroxylation is 1. The second kappa shape index (κ2) is 6.90. The largest absolute Gasteiger partial charge is 0.365 e. The summed E-state index contributed by atoms with van der Waals surface area (Å²) in [4.78, 5) is 4.96. The highest BCUT2D eigenvalue weighted by Crippen LogP contribution is 2.29. The SMILES string of the molecule is Cc1cc(NC(C)c2ccc(S(C)(=O)=O)cc2)n2c(nc3ccccc32)c1C#N. The first-order chi connectivity index (χ1) is 13.8. The molecule has 2 aromatic heterocycles. The van der Waals surface area contributed by atoms with Crippen LogP contribution in [0, 0.1) is 18.3 Å². The van der Waals surface area contributed by atoms with Crippen LogP contribution in [0.3, 0.4) is 0 Å². The van der Waals surface area contributed by atoms with E-state index in [1.54, 1.807) is 12.1 Å². The minimum atomic E-state index is -3.23. The molecule has 4 aromatic rings. The molecule has 6 nitrogen and oxygen atoms in total. The molecule has 0 bridgehead atoms. The highest BCUT2D eigenvalue weighted by atomic mass is 32.2. The molecule has 1 unspecified atom stereocenters. The van der Waals surface area contributed by atoms with Gasteiger partial charge in [-0.25, -0.2) is 13.4 Å². The van der Waals surface area contributed by atoms with Crippen molar-refractivity contribution in [1.82, 2.24) is 9.38 Å². The van der Waals surface area contributed by atoms with Crippen LogP contribution in [0.1, 0.15) is 29.7 Å². The maximum atomic E-state index is 11.7. The van der Waals surface area contributed by atoms with Gasteiger partial charge >= 0.3 is 0 Å². The maximum absolute atomic E-state index is 11.7. The van der Waals surface area contributed by atoms with Crippen molar-refractivity contribution in [2.75, 3.05) is 11.6 Å². The molecule has 29 heavy (non-hydrogen) atoms. The third-order valence-corrected chi connectivity index (χ3v) is 6.19. The van der Waals surface area contributed by atoms with Gasteiger partial charge in [0.2, 0.25) is 0 Å².